The minimum absolute atomic E-state index is 0.346. The number of aryl methyl sites for hydroxylation is 1. The molecule has 0 N–H and O–H groups in total. The number of rotatable bonds is 3. The molecule has 1 nitrogen and oxygen atoms in total. The van der Waals surface area contributed by atoms with Crippen LogP contribution in [0.15, 0.2) is 6.20 Å². The van der Waals surface area contributed by atoms with Crippen molar-refractivity contribution in [1.82, 2.24) is 4.98 Å². The van der Waals surface area contributed by atoms with E-state index in [0.717, 1.165) is 16.8 Å². The van der Waals surface area contributed by atoms with Crippen LogP contribution in [0.5, 0.6) is 0 Å². The summed E-state index contributed by atoms with van der Waals surface area (Å²) in [5, 5.41) is 2.20. The third-order valence-electron chi connectivity index (χ3n) is 1.68. The maximum atomic E-state index is 4.24. The summed E-state index contributed by atoms with van der Waals surface area (Å²) >= 11 is 5.32. The van der Waals surface area contributed by atoms with Crippen LogP contribution in [0.1, 0.15) is 23.7 Å². The highest BCUT2D eigenvalue weighted by Gasteiger charge is 2.17. The number of nitrogens with zero attached hydrogens (tertiary/aromatic N) is 1. The summed E-state index contributed by atoms with van der Waals surface area (Å²) in [5.41, 5.74) is 0.346. The van der Waals surface area contributed by atoms with Crippen LogP contribution in [0.4, 0.5) is 0 Å². The molecule has 68 valence electrons. The van der Waals surface area contributed by atoms with Crippen molar-refractivity contribution < 1.29 is 0 Å². The molecular formula is C9H14BrNS. The molecule has 0 unspecified atom stereocenters. The van der Waals surface area contributed by atoms with Crippen molar-refractivity contribution >= 4 is 27.3 Å². The molecule has 1 rings (SSSR count). The van der Waals surface area contributed by atoms with Crippen molar-refractivity contribution in [2.45, 2.75) is 27.2 Å². The molecule has 0 amide bonds. The van der Waals surface area contributed by atoms with E-state index in [1.807, 2.05) is 6.20 Å². The monoisotopic (exact) mass is 247 g/mol. The van der Waals surface area contributed by atoms with Crippen LogP contribution in [0.2, 0.25) is 0 Å². The Hall–Kier alpha value is 0.110. The molecule has 1 aromatic rings. The van der Waals surface area contributed by atoms with E-state index in [1.165, 1.54) is 4.88 Å². The summed E-state index contributed by atoms with van der Waals surface area (Å²) < 4.78 is 0. The first-order chi connectivity index (χ1) is 5.53. The molecule has 0 aliphatic heterocycles. The minimum atomic E-state index is 0.346. The fourth-order valence-corrected chi connectivity index (χ4v) is 2.26. The van der Waals surface area contributed by atoms with Gasteiger partial charge in [0.05, 0.1) is 5.01 Å². The van der Waals surface area contributed by atoms with E-state index in [9.17, 15) is 0 Å². The Labute approximate surface area is 86.3 Å². The topological polar surface area (TPSA) is 12.9 Å². The fourth-order valence-electron chi connectivity index (χ4n) is 1.01. The van der Waals surface area contributed by atoms with Gasteiger partial charge in [0.25, 0.3) is 0 Å². The lowest BCUT2D eigenvalue weighted by molar-refractivity contribution is 0.428. The zero-order valence-corrected chi connectivity index (χ0v) is 10.1. The third kappa shape index (κ3) is 2.87. The zero-order chi connectivity index (χ0) is 9.19. The van der Waals surface area contributed by atoms with Gasteiger partial charge in [-0.05, 0) is 18.8 Å². The highest BCUT2D eigenvalue weighted by Crippen LogP contribution is 2.26. The smallest absolute Gasteiger partial charge is 0.0896 e. The van der Waals surface area contributed by atoms with Gasteiger partial charge in [0.1, 0.15) is 0 Å². The Bertz CT molecular complexity index is 255. The van der Waals surface area contributed by atoms with E-state index in [-0.39, 0.29) is 0 Å². The molecule has 12 heavy (non-hydrogen) atoms. The summed E-state index contributed by atoms with van der Waals surface area (Å²) in [7, 11) is 0. The molecule has 0 saturated heterocycles. The normalized spacial score (nSPS) is 12.0. The van der Waals surface area contributed by atoms with E-state index in [1.54, 1.807) is 11.3 Å². The summed E-state index contributed by atoms with van der Waals surface area (Å²) in [5.74, 6) is 0. The van der Waals surface area contributed by atoms with Gasteiger partial charge in [0, 0.05) is 16.4 Å². The molecule has 1 aromatic heterocycles. The Morgan fingerprint density at radius 3 is 2.67 bits per heavy atom. The SMILES string of the molecule is Cc1ncc(CC(C)(C)CBr)s1. The molecule has 0 aliphatic carbocycles. The number of hydrogen-bond acceptors (Lipinski definition) is 2. The van der Waals surface area contributed by atoms with Gasteiger partial charge in [-0.2, -0.15) is 0 Å². The summed E-state index contributed by atoms with van der Waals surface area (Å²) in [6.07, 6.45) is 3.11. The minimum Gasteiger partial charge on any atom is -0.250 e. The molecule has 0 aromatic carbocycles. The number of halogens is 1. The average Bonchev–Trinajstić information content (AvgIpc) is 2.35. The van der Waals surface area contributed by atoms with Gasteiger partial charge in [0.15, 0.2) is 0 Å². The van der Waals surface area contributed by atoms with Gasteiger partial charge in [-0.3, -0.25) is 0 Å². The van der Waals surface area contributed by atoms with Crippen molar-refractivity contribution in [3.05, 3.63) is 16.1 Å². The predicted octanol–water partition coefficient (Wildman–Crippen LogP) is 3.42. The van der Waals surface area contributed by atoms with Crippen molar-refractivity contribution in [3.63, 3.8) is 0 Å². The van der Waals surface area contributed by atoms with Gasteiger partial charge in [-0.25, -0.2) is 4.98 Å². The summed E-state index contributed by atoms with van der Waals surface area (Å²) in [6, 6.07) is 0. The second-order valence-electron chi connectivity index (χ2n) is 3.82. The Morgan fingerprint density at radius 1 is 1.58 bits per heavy atom. The summed E-state index contributed by atoms with van der Waals surface area (Å²) in [6.45, 7) is 6.57. The van der Waals surface area contributed by atoms with E-state index >= 15 is 0 Å². The van der Waals surface area contributed by atoms with E-state index in [0.29, 0.717) is 5.41 Å². The summed E-state index contributed by atoms with van der Waals surface area (Å²) in [4.78, 5) is 5.62. The first kappa shape index (κ1) is 10.2. The maximum absolute atomic E-state index is 4.24. The largest absolute Gasteiger partial charge is 0.250 e. The predicted molar refractivity (Wildman–Crippen MR) is 58.1 cm³/mol. The highest BCUT2D eigenvalue weighted by atomic mass is 79.9. The lowest BCUT2D eigenvalue weighted by Crippen LogP contribution is -2.15. The molecule has 0 radical (unpaired) electrons. The number of aromatic nitrogens is 1. The quantitative estimate of drug-likeness (QED) is 0.747. The highest BCUT2D eigenvalue weighted by molar-refractivity contribution is 9.09. The molecule has 0 spiro atoms. The van der Waals surface area contributed by atoms with Crippen molar-refractivity contribution in [2.24, 2.45) is 5.41 Å². The first-order valence-corrected chi connectivity index (χ1v) is 5.94. The average molecular weight is 248 g/mol. The van der Waals surface area contributed by atoms with Gasteiger partial charge in [0.2, 0.25) is 0 Å². The molecule has 3 heteroatoms. The van der Waals surface area contributed by atoms with Gasteiger partial charge < -0.3 is 0 Å². The molecule has 0 saturated carbocycles. The molecule has 0 atom stereocenters. The number of hydrogen-bond donors (Lipinski definition) is 0. The molecule has 0 bridgehead atoms. The molecule has 0 aliphatic rings. The molecular weight excluding hydrogens is 234 g/mol. The zero-order valence-electron chi connectivity index (χ0n) is 7.72. The first-order valence-electron chi connectivity index (χ1n) is 4.01. The van der Waals surface area contributed by atoms with Crippen LogP contribution in [-0.4, -0.2) is 10.3 Å². The molecule has 0 fully saturated rings. The fraction of sp³-hybridized carbons (Fsp3) is 0.667. The van der Waals surface area contributed by atoms with Crippen molar-refractivity contribution in [1.29, 1.82) is 0 Å². The van der Waals surface area contributed by atoms with Gasteiger partial charge in [-0.15, -0.1) is 11.3 Å². The maximum Gasteiger partial charge on any atom is 0.0896 e. The van der Waals surface area contributed by atoms with Crippen LogP contribution < -0.4 is 0 Å². The Balaban J connectivity index is 2.63. The molecule has 1 heterocycles. The van der Waals surface area contributed by atoms with Crippen LogP contribution in [-0.2, 0) is 6.42 Å². The third-order valence-corrected chi connectivity index (χ3v) is 4.11. The van der Waals surface area contributed by atoms with E-state index < -0.39 is 0 Å². The van der Waals surface area contributed by atoms with Crippen molar-refractivity contribution in [2.75, 3.05) is 5.33 Å². The Morgan fingerprint density at radius 2 is 2.25 bits per heavy atom. The van der Waals surface area contributed by atoms with Crippen LogP contribution in [0.25, 0.3) is 0 Å². The van der Waals surface area contributed by atoms with E-state index in [2.05, 4.69) is 41.7 Å². The standard InChI is InChI=1S/C9H14BrNS/c1-7-11-5-8(12-7)4-9(2,3)6-10/h5H,4,6H2,1-3H3. The van der Waals surface area contributed by atoms with Gasteiger partial charge in [-0.1, -0.05) is 29.8 Å². The van der Waals surface area contributed by atoms with Crippen LogP contribution in [0.3, 0.4) is 0 Å². The van der Waals surface area contributed by atoms with Crippen LogP contribution in [0, 0.1) is 12.3 Å². The lowest BCUT2D eigenvalue weighted by atomic mass is 9.92. The second kappa shape index (κ2) is 3.88. The van der Waals surface area contributed by atoms with Crippen molar-refractivity contribution in [3.8, 4) is 0 Å². The number of alkyl halides is 1. The number of thiazole rings is 1. The second-order valence-corrected chi connectivity index (χ2v) is 5.70. The lowest BCUT2D eigenvalue weighted by Gasteiger charge is -2.19. The Kier molecular flexibility index (Phi) is 3.29. The van der Waals surface area contributed by atoms with Gasteiger partial charge >= 0.3 is 0 Å². The van der Waals surface area contributed by atoms with Crippen LogP contribution >= 0.6 is 27.3 Å². The van der Waals surface area contributed by atoms with E-state index in [4.69, 9.17) is 0 Å².